The minimum atomic E-state index is -0.391. The van der Waals surface area contributed by atoms with Gasteiger partial charge < -0.3 is 4.74 Å². The fraction of sp³-hybridized carbons (Fsp3) is 0.316. The van der Waals surface area contributed by atoms with Gasteiger partial charge in [-0.1, -0.05) is 42.5 Å². The summed E-state index contributed by atoms with van der Waals surface area (Å²) >= 11 is 0. The Morgan fingerprint density at radius 3 is 2.22 bits per heavy atom. The van der Waals surface area contributed by atoms with Gasteiger partial charge in [0.15, 0.2) is 5.78 Å². The Morgan fingerprint density at radius 1 is 0.957 bits per heavy atom. The average Bonchev–Trinajstić information content (AvgIpc) is 2.50. The van der Waals surface area contributed by atoms with Crippen LogP contribution in [0, 0.1) is 0 Å². The Balaban J connectivity index is 0.00000192. The maximum absolute atomic E-state index is 12.9. The highest BCUT2D eigenvalue weighted by Gasteiger charge is 2.39. The lowest BCUT2D eigenvalue weighted by Gasteiger charge is -2.37. The van der Waals surface area contributed by atoms with Crippen LogP contribution in [0.4, 0.5) is 0 Å². The molecule has 0 fully saturated rings. The Morgan fingerprint density at radius 2 is 1.57 bits per heavy atom. The summed E-state index contributed by atoms with van der Waals surface area (Å²) in [5, 5.41) is 3.42. The molecular weight excluding hydrogens is 310 g/mol. The van der Waals surface area contributed by atoms with E-state index >= 15 is 0 Å². The van der Waals surface area contributed by atoms with E-state index in [1.807, 2.05) is 54.6 Å². The number of Topliss-reactive ketones (excluding diaryl/α,β-unsaturated/α-hetero) is 1. The Bertz CT molecular complexity index is 679. The molecule has 4 heteroatoms. The van der Waals surface area contributed by atoms with E-state index in [2.05, 4.69) is 26.1 Å². The fourth-order valence-corrected chi connectivity index (χ4v) is 2.79. The van der Waals surface area contributed by atoms with Gasteiger partial charge in [-0.3, -0.25) is 10.1 Å². The van der Waals surface area contributed by atoms with Crippen LogP contribution >= 0.6 is 12.4 Å². The van der Waals surface area contributed by atoms with Crippen molar-refractivity contribution in [3.63, 3.8) is 0 Å². The summed E-state index contributed by atoms with van der Waals surface area (Å²) in [6.07, 6.45) is -0.317. The molecule has 1 aliphatic heterocycles. The van der Waals surface area contributed by atoms with E-state index in [1.54, 1.807) is 0 Å². The molecule has 1 aliphatic rings. The number of ether oxygens (including phenoxy) is 1. The standard InChI is InChI=1S/C19H21NO2.ClH/c1-19(2,3)20-16-17(21)14-11-7-8-12-15(14)22-18(16)13-9-5-4-6-10-13;/h4-12,16,18,20H,1-3H3;1H. The predicted molar refractivity (Wildman–Crippen MR) is 94.5 cm³/mol. The minimum Gasteiger partial charge on any atom is -0.483 e. The number of fused-ring (bicyclic) bond motifs is 1. The molecule has 1 heterocycles. The summed E-state index contributed by atoms with van der Waals surface area (Å²) < 4.78 is 6.16. The molecule has 0 bridgehead atoms. The number of ketones is 1. The predicted octanol–water partition coefficient (Wildman–Crippen LogP) is 4.18. The Labute approximate surface area is 143 Å². The summed E-state index contributed by atoms with van der Waals surface area (Å²) in [4.78, 5) is 12.9. The van der Waals surface area contributed by atoms with Crippen LogP contribution in [0.5, 0.6) is 5.75 Å². The molecule has 122 valence electrons. The van der Waals surface area contributed by atoms with Crippen molar-refractivity contribution < 1.29 is 9.53 Å². The van der Waals surface area contributed by atoms with Gasteiger partial charge in [-0.25, -0.2) is 0 Å². The van der Waals surface area contributed by atoms with Crippen molar-refractivity contribution in [2.45, 2.75) is 38.5 Å². The van der Waals surface area contributed by atoms with E-state index in [0.29, 0.717) is 11.3 Å². The zero-order valence-electron chi connectivity index (χ0n) is 13.6. The van der Waals surface area contributed by atoms with E-state index in [0.717, 1.165) is 5.56 Å². The van der Waals surface area contributed by atoms with Crippen molar-refractivity contribution in [3.8, 4) is 5.75 Å². The van der Waals surface area contributed by atoms with E-state index in [4.69, 9.17) is 4.74 Å². The van der Waals surface area contributed by atoms with Crippen LogP contribution in [-0.4, -0.2) is 17.4 Å². The first kappa shape index (κ1) is 17.5. The van der Waals surface area contributed by atoms with Crippen molar-refractivity contribution >= 4 is 18.2 Å². The van der Waals surface area contributed by atoms with Crippen LogP contribution in [0.3, 0.4) is 0 Å². The highest BCUT2D eigenvalue weighted by atomic mass is 35.5. The third-order valence-electron chi connectivity index (χ3n) is 3.71. The van der Waals surface area contributed by atoms with Crippen LogP contribution < -0.4 is 10.1 Å². The molecule has 3 nitrogen and oxygen atoms in total. The molecule has 1 N–H and O–H groups in total. The quantitative estimate of drug-likeness (QED) is 0.897. The van der Waals surface area contributed by atoms with Gasteiger partial charge in [0.05, 0.1) is 5.56 Å². The summed E-state index contributed by atoms with van der Waals surface area (Å²) in [6.45, 7) is 6.18. The second-order valence-electron chi connectivity index (χ2n) is 6.68. The summed E-state index contributed by atoms with van der Waals surface area (Å²) in [5.74, 6) is 0.749. The van der Waals surface area contributed by atoms with E-state index in [9.17, 15) is 4.79 Å². The largest absolute Gasteiger partial charge is 0.483 e. The molecule has 2 aromatic rings. The monoisotopic (exact) mass is 331 g/mol. The zero-order valence-corrected chi connectivity index (χ0v) is 14.4. The summed E-state index contributed by atoms with van der Waals surface area (Å²) in [5.41, 5.74) is 1.48. The molecule has 0 saturated carbocycles. The lowest BCUT2D eigenvalue weighted by Crippen LogP contribution is -2.53. The molecule has 0 aliphatic carbocycles. The first-order chi connectivity index (χ1) is 10.5. The van der Waals surface area contributed by atoms with Gasteiger partial charge in [0, 0.05) is 5.54 Å². The number of hydrogen-bond acceptors (Lipinski definition) is 3. The van der Waals surface area contributed by atoms with E-state index < -0.39 is 6.04 Å². The number of halogens is 1. The van der Waals surface area contributed by atoms with Crippen molar-refractivity contribution in [1.82, 2.24) is 5.32 Å². The van der Waals surface area contributed by atoms with Crippen molar-refractivity contribution in [2.24, 2.45) is 0 Å². The van der Waals surface area contributed by atoms with Gasteiger partial charge in [0.25, 0.3) is 0 Å². The van der Waals surface area contributed by atoms with E-state index in [-0.39, 0.29) is 29.8 Å². The van der Waals surface area contributed by atoms with Crippen molar-refractivity contribution in [2.75, 3.05) is 0 Å². The molecule has 2 aromatic carbocycles. The van der Waals surface area contributed by atoms with Crippen LogP contribution in [-0.2, 0) is 0 Å². The number of rotatable bonds is 2. The molecular formula is C19H22ClNO2. The first-order valence-corrected chi connectivity index (χ1v) is 7.58. The number of carbonyl (C=O) groups excluding carboxylic acids is 1. The molecule has 0 saturated heterocycles. The van der Waals surface area contributed by atoms with Gasteiger partial charge >= 0.3 is 0 Å². The lowest BCUT2D eigenvalue weighted by molar-refractivity contribution is 0.0688. The number of nitrogens with one attached hydrogen (secondary N) is 1. The fourth-order valence-electron chi connectivity index (χ4n) is 2.79. The lowest BCUT2D eigenvalue weighted by atomic mass is 9.89. The number of carbonyl (C=O) groups is 1. The number of benzene rings is 2. The molecule has 23 heavy (non-hydrogen) atoms. The van der Waals surface area contributed by atoms with Gasteiger partial charge in [-0.05, 0) is 38.5 Å². The molecule has 0 radical (unpaired) electrons. The smallest absolute Gasteiger partial charge is 0.187 e. The molecule has 2 atom stereocenters. The Hall–Kier alpha value is -1.84. The number of para-hydroxylation sites is 1. The average molecular weight is 332 g/mol. The van der Waals surface area contributed by atoms with Crippen LogP contribution in [0.25, 0.3) is 0 Å². The summed E-state index contributed by atoms with van der Waals surface area (Å²) in [7, 11) is 0. The van der Waals surface area contributed by atoms with Gasteiger partial charge in [0.1, 0.15) is 17.9 Å². The third kappa shape index (κ3) is 3.74. The Kier molecular flexibility index (Phi) is 5.12. The second-order valence-corrected chi connectivity index (χ2v) is 6.68. The third-order valence-corrected chi connectivity index (χ3v) is 3.71. The van der Waals surface area contributed by atoms with Gasteiger partial charge in [0.2, 0.25) is 0 Å². The summed E-state index contributed by atoms with van der Waals surface area (Å²) in [6, 6.07) is 17.0. The molecule has 0 amide bonds. The second kappa shape index (κ2) is 6.73. The zero-order chi connectivity index (χ0) is 15.7. The maximum atomic E-state index is 12.9. The normalized spacial score (nSPS) is 20.2. The topological polar surface area (TPSA) is 38.3 Å². The van der Waals surface area contributed by atoms with Crippen LogP contribution in [0.2, 0.25) is 0 Å². The molecule has 2 unspecified atom stereocenters. The molecule has 3 rings (SSSR count). The van der Waals surface area contributed by atoms with Crippen LogP contribution in [0.1, 0.15) is 42.8 Å². The van der Waals surface area contributed by atoms with E-state index in [1.165, 1.54) is 0 Å². The maximum Gasteiger partial charge on any atom is 0.187 e. The molecule has 0 spiro atoms. The highest BCUT2D eigenvalue weighted by Crippen LogP contribution is 2.35. The van der Waals surface area contributed by atoms with Crippen molar-refractivity contribution in [1.29, 1.82) is 0 Å². The SMILES string of the molecule is CC(C)(C)NC1C(=O)c2ccccc2OC1c1ccccc1.Cl. The minimum absolute atomic E-state index is 0. The van der Waals surface area contributed by atoms with Gasteiger partial charge in [-0.15, -0.1) is 12.4 Å². The van der Waals surface area contributed by atoms with Gasteiger partial charge in [-0.2, -0.15) is 0 Å². The first-order valence-electron chi connectivity index (χ1n) is 7.58. The van der Waals surface area contributed by atoms with Crippen molar-refractivity contribution in [3.05, 3.63) is 65.7 Å². The molecule has 0 aromatic heterocycles. The highest BCUT2D eigenvalue weighted by molar-refractivity contribution is 6.04. The van der Waals surface area contributed by atoms with Crippen LogP contribution in [0.15, 0.2) is 54.6 Å². The number of hydrogen-bond donors (Lipinski definition) is 1.